The first kappa shape index (κ1) is 23.3. The average Bonchev–Trinajstić information content (AvgIpc) is 3.05. The summed E-state index contributed by atoms with van der Waals surface area (Å²) in [4.78, 5) is 4.29. The van der Waals surface area contributed by atoms with Crippen LogP contribution in [-0.2, 0) is 20.1 Å². The van der Waals surface area contributed by atoms with Gasteiger partial charge in [-0.3, -0.25) is 9.67 Å². The molecule has 0 unspecified atom stereocenters. The zero-order chi connectivity index (χ0) is 18.8. The zero-order valence-electron chi connectivity index (χ0n) is 16.8. The van der Waals surface area contributed by atoms with E-state index in [9.17, 15) is 0 Å². The molecule has 0 saturated heterocycles. The SMILES string of the molecule is CCCCCOc1cc(C)ccc1CNC(=NC)NCc1cnn(C)c1.I. The van der Waals surface area contributed by atoms with Gasteiger partial charge in [-0.05, 0) is 25.0 Å². The molecular formula is C20H32IN5O. The molecule has 2 N–H and O–H groups in total. The summed E-state index contributed by atoms with van der Waals surface area (Å²) in [7, 11) is 3.69. The Labute approximate surface area is 179 Å². The summed E-state index contributed by atoms with van der Waals surface area (Å²) >= 11 is 0. The van der Waals surface area contributed by atoms with Crippen molar-refractivity contribution in [3.05, 3.63) is 47.3 Å². The molecule has 1 heterocycles. The van der Waals surface area contributed by atoms with Crippen molar-refractivity contribution in [3.8, 4) is 5.75 Å². The third-order valence-corrected chi connectivity index (χ3v) is 4.12. The number of hydrogen-bond donors (Lipinski definition) is 2. The number of halogens is 1. The van der Waals surface area contributed by atoms with Crippen molar-refractivity contribution in [2.45, 2.75) is 46.2 Å². The summed E-state index contributed by atoms with van der Waals surface area (Å²) in [6.45, 7) is 6.40. The van der Waals surface area contributed by atoms with Gasteiger partial charge in [0, 0.05) is 44.5 Å². The van der Waals surface area contributed by atoms with Crippen molar-refractivity contribution in [1.29, 1.82) is 0 Å². The summed E-state index contributed by atoms with van der Waals surface area (Å²) in [5, 5.41) is 10.8. The van der Waals surface area contributed by atoms with Crippen LogP contribution in [0.5, 0.6) is 5.75 Å². The van der Waals surface area contributed by atoms with Crippen LogP contribution in [0.3, 0.4) is 0 Å². The van der Waals surface area contributed by atoms with Crippen LogP contribution < -0.4 is 15.4 Å². The van der Waals surface area contributed by atoms with Gasteiger partial charge in [0.1, 0.15) is 5.75 Å². The molecule has 0 fully saturated rings. The molecule has 2 rings (SSSR count). The highest BCUT2D eigenvalue weighted by Gasteiger charge is 2.06. The van der Waals surface area contributed by atoms with Gasteiger partial charge in [0.15, 0.2) is 5.96 Å². The molecule has 2 aromatic rings. The molecule has 7 heteroatoms. The smallest absolute Gasteiger partial charge is 0.191 e. The molecule has 0 aliphatic carbocycles. The molecule has 0 bridgehead atoms. The Balaban J connectivity index is 0.00000364. The normalized spacial score (nSPS) is 11.0. The maximum absolute atomic E-state index is 6.01. The first-order chi connectivity index (χ1) is 12.6. The highest BCUT2D eigenvalue weighted by atomic mass is 127. The van der Waals surface area contributed by atoms with Crippen LogP contribution in [0.2, 0.25) is 0 Å². The number of benzene rings is 1. The highest BCUT2D eigenvalue weighted by molar-refractivity contribution is 14.0. The second-order valence-electron chi connectivity index (χ2n) is 6.47. The molecule has 0 aliphatic heterocycles. The largest absolute Gasteiger partial charge is 0.493 e. The minimum atomic E-state index is 0. The quantitative estimate of drug-likeness (QED) is 0.246. The van der Waals surface area contributed by atoms with Gasteiger partial charge in [-0.25, -0.2) is 0 Å². The van der Waals surface area contributed by atoms with Gasteiger partial charge in [-0.15, -0.1) is 24.0 Å². The Morgan fingerprint density at radius 3 is 2.67 bits per heavy atom. The van der Waals surface area contributed by atoms with Crippen molar-refractivity contribution in [1.82, 2.24) is 20.4 Å². The molecule has 150 valence electrons. The monoisotopic (exact) mass is 485 g/mol. The topological polar surface area (TPSA) is 63.5 Å². The number of unbranched alkanes of at least 4 members (excludes halogenated alkanes) is 2. The van der Waals surface area contributed by atoms with E-state index < -0.39 is 0 Å². The first-order valence-corrected chi connectivity index (χ1v) is 9.26. The Kier molecular flexibility index (Phi) is 10.8. The van der Waals surface area contributed by atoms with Gasteiger partial charge in [0.25, 0.3) is 0 Å². The number of nitrogens with one attached hydrogen (secondary N) is 2. The number of rotatable bonds is 9. The van der Waals surface area contributed by atoms with Crippen LogP contribution in [0.1, 0.15) is 42.9 Å². The van der Waals surface area contributed by atoms with Crippen molar-refractivity contribution in [2.24, 2.45) is 12.0 Å². The molecule has 0 atom stereocenters. The van der Waals surface area contributed by atoms with Crippen molar-refractivity contribution in [3.63, 3.8) is 0 Å². The maximum atomic E-state index is 6.01. The Hall–Kier alpha value is -1.77. The molecule has 0 saturated carbocycles. The van der Waals surface area contributed by atoms with Crippen molar-refractivity contribution >= 4 is 29.9 Å². The predicted molar refractivity (Wildman–Crippen MR) is 122 cm³/mol. The Bertz CT molecular complexity index is 714. The van der Waals surface area contributed by atoms with Crippen molar-refractivity contribution in [2.75, 3.05) is 13.7 Å². The standard InChI is InChI=1S/C20H31N5O.HI/c1-5-6-7-10-26-19-11-16(2)8-9-18(19)14-23-20(21-3)22-12-17-13-24-25(4)15-17;/h8-9,11,13,15H,5-7,10,12,14H2,1-4H3,(H2,21,22,23);1H. The van der Waals surface area contributed by atoms with E-state index in [2.05, 4.69) is 52.8 Å². The Morgan fingerprint density at radius 2 is 2.00 bits per heavy atom. The van der Waals surface area contributed by atoms with Gasteiger partial charge in [-0.2, -0.15) is 5.10 Å². The maximum Gasteiger partial charge on any atom is 0.191 e. The van der Waals surface area contributed by atoms with Gasteiger partial charge in [0.05, 0.1) is 12.8 Å². The van der Waals surface area contributed by atoms with Crippen LogP contribution in [0.15, 0.2) is 35.6 Å². The van der Waals surface area contributed by atoms with E-state index >= 15 is 0 Å². The second-order valence-corrected chi connectivity index (χ2v) is 6.47. The molecule has 27 heavy (non-hydrogen) atoms. The Morgan fingerprint density at radius 1 is 1.22 bits per heavy atom. The number of guanidine groups is 1. The predicted octanol–water partition coefficient (Wildman–Crippen LogP) is 3.78. The molecule has 0 amide bonds. The molecule has 1 aromatic carbocycles. The minimum absolute atomic E-state index is 0. The number of nitrogens with zero attached hydrogens (tertiary/aromatic N) is 3. The molecule has 0 aliphatic rings. The fourth-order valence-corrected chi connectivity index (χ4v) is 2.62. The number of ether oxygens (including phenoxy) is 1. The lowest BCUT2D eigenvalue weighted by atomic mass is 10.1. The molecule has 0 radical (unpaired) electrons. The van der Waals surface area contributed by atoms with Crippen molar-refractivity contribution < 1.29 is 4.74 Å². The van der Waals surface area contributed by atoms with E-state index in [0.29, 0.717) is 13.1 Å². The lowest BCUT2D eigenvalue weighted by Gasteiger charge is -2.15. The molecular weight excluding hydrogens is 453 g/mol. The minimum Gasteiger partial charge on any atom is -0.493 e. The summed E-state index contributed by atoms with van der Waals surface area (Å²) < 4.78 is 7.80. The molecule has 6 nitrogen and oxygen atoms in total. The number of aliphatic imine (C=N–C) groups is 1. The van der Waals surface area contributed by atoms with Crippen LogP contribution in [-0.4, -0.2) is 29.4 Å². The van der Waals surface area contributed by atoms with Gasteiger partial charge in [0.2, 0.25) is 0 Å². The fraction of sp³-hybridized carbons (Fsp3) is 0.500. The summed E-state index contributed by atoms with van der Waals surface area (Å²) in [5.41, 5.74) is 3.46. The van der Waals surface area contributed by atoms with E-state index in [1.807, 2.05) is 19.4 Å². The third kappa shape index (κ3) is 8.19. The lowest BCUT2D eigenvalue weighted by molar-refractivity contribution is 0.303. The van der Waals surface area contributed by atoms with E-state index in [1.165, 1.54) is 18.4 Å². The second kappa shape index (κ2) is 12.6. The van der Waals surface area contributed by atoms with Crippen LogP contribution in [0.25, 0.3) is 0 Å². The lowest BCUT2D eigenvalue weighted by Crippen LogP contribution is -2.36. The van der Waals surface area contributed by atoms with E-state index in [4.69, 9.17) is 4.74 Å². The van der Waals surface area contributed by atoms with Crippen LogP contribution in [0, 0.1) is 6.92 Å². The molecule has 0 spiro atoms. The highest BCUT2D eigenvalue weighted by Crippen LogP contribution is 2.20. The van der Waals surface area contributed by atoms with Crippen LogP contribution in [0.4, 0.5) is 0 Å². The van der Waals surface area contributed by atoms with Gasteiger partial charge in [-0.1, -0.05) is 31.9 Å². The summed E-state index contributed by atoms with van der Waals surface area (Å²) in [6.07, 6.45) is 7.32. The number of hydrogen-bond acceptors (Lipinski definition) is 3. The first-order valence-electron chi connectivity index (χ1n) is 9.26. The van der Waals surface area contributed by atoms with Crippen LogP contribution >= 0.6 is 24.0 Å². The summed E-state index contributed by atoms with van der Waals surface area (Å²) in [5.74, 6) is 1.71. The zero-order valence-corrected chi connectivity index (χ0v) is 19.1. The van der Waals surface area contributed by atoms with E-state index in [0.717, 1.165) is 35.9 Å². The third-order valence-electron chi connectivity index (χ3n) is 4.12. The average molecular weight is 485 g/mol. The summed E-state index contributed by atoms with van der Waals surface area (Å²) in [6, 6.07) is 6.34. The van der Waals surface area contributed by atoms with Gasteiger partial charge < -0.3 is 15.4 Å². The van der Waals surface area contributed by atoms with E-state index in [1.54, 1.807) is 11.7 Å². The molecule has 1 aromatic heterocycles. The van der Waals surface area contributed by atoms with Gasteiger partial charge >= 0.3 is 0 Å². The fourth-order valence-electron chi connectivity index (χ4n) is 2.62. The number of aromatic nitrogens is 2. The number of aryl methyl sites for hydroxylation is 2. The van der Waals surface area contributed by atoms with E-state index in [-0.39, 0.29) is 24.0 Å².